The van der Waals surface area contributed by atoms with Crippen LogP contribution >= 0.6 is 0 Å². The predicted molar refractivity (Wildman–Crippen MR) is 138 cm³/mol. The molecule has 196 valence electrons. The maximum Gasteiger partial charge on any atom is 0.304 e. The molecule has 2 aromatic carbocycles. The summed E-state index contributed by atoms with van der Waals surface area (Å²) in [6, 6.07) is 13.4. The molecule has 0 aliphatic heterocycles. The third-order valence-corrected chi connectivity index (χ3v) is 8.30. The van der Waals surface area contributed by atoms with Gasteiger partial charge in [0.25, 0.3) is 0 Å². The van der Waals surface area contributed by atoms with Gasteiger partial charge in [0.15, 0.2) is 0 Å². The largest absolute Gasteiger partial charge is 0.352 e. The van der Waals surface area contributed by atoms with E-state index in [0.717, 1.165) is 40.7 Å². The summed E-state index contributed by atoms with van der Waals surface area (Å²) < 4.78 is 42.8. The lowest BCUT2D eigenvalue weighted by atomic mass is 9.95. The summed E-state index contributed by atoms with van der Waals surface area (Å²) >= 11 is 0. The number of carbonyl (C=O) groups excluding carboxylic acids is 2. The van der Waals surface area contributed by atoms with Crippen LogP contribution in [-0.2, 0) is 26.3 Å². The molecule has 0 radical (unpaired) electrons. The van der Waals surface area contributed by atoms with Crippen molar-refractivity contribution in [1.29, 1.82) is 0 Å². The Balaban J connectivity index is 1.90. The van der Waals surface area contributed by atoms with Crippen LogP contribution in [0.2, 0.25) is 0 Å². The molecule has 0 saturated heterocycles. The van der Waals surface area contributed by atoms with E-state index >= 15 is 0 Å². The molecular formula is C26H35FN4O4S. The third-order valence-electron chi connectivity index (χ3n) is 6.48. The first-order valence-corrected chi connectivity index (χ1v) is 13.6. The Labute approximate surface area is 213 Å². The molecule has 1 saturated carbocycles. The molecule has 2 aromatic rings. The second kappa shape index (κ2) is 12.3. The SMILES string of the molecule is C[C@@H](C(=O)NC1CCCCC1)N(Cc1ccccc1F)C(=O)CN(c1ccccc1)S(=O)(=O)N(C)C. The topological polar surface area (TPSA) is 90.0 Å². The van der Waals surface area contributed by atoms with Crippen LogP contribution in [0.1, 0.15) is 44.6 Å². The van der Waals surface area contributed by atoms with Crippen LogP contribution in [0.4, 0.5) is 10.1 Å². The molecule has 0 unspecified atom stereocenters. The van der Waals surface area contributed by atoms with Crippen molar-refractivity contribution in [1.82, 2.24) is 14.5 Å². The molecule has 0 bridgehead atoms. The van der Waals surface area contributed by atoms with Gasteiger partial charge in [-0.05, 0) is 38.0 Å². The highest BCUT2D eigenvalue weighted by atomic mass is 32.2. The van der Waals surface area contributed by atoms with Crippen LogP contribution in [-0.4, -0.2) is 62.2 Å². The lowest BCUT2D eigenvalue weighted by molar-refractivity contribution is -0.139. The Morgan fingerprint density at radius 2 is 1.61 bits per heavy atom. The smallest absolute Gasteiger partial charge is 0.304 e. The molecule has 1 atom stereocenters. The number of nitrogens with zero attached hydrogens (tertiary/aromatic N) is 3. The van der Waals surface area contributed by atoms with Crippen molar-refractivity contribution in [2.75, 3.05) is 24.9 Å². The summed E-state index contributed by atoms with van der Waals surface area (Å²) in [5.74, 6) is -1.46. The number of halogens is 1. The van der Waals surface area contributed by atoms with Crippen molar-refractivity contribution in [2.45, 2.75) is 57.7 Å². The zero-order chi connectivity index (χ0) is 26.3. The minimum atomic E-state index is -4.03. The standard InChI is InChI=1S/C26H35FN4O4S/c1-20(26(33)28-22-13-6-4-7-14-22)30(18-21-12-10-11-17-24(21)27)25(32)19-31(36(34,35)29(2)3)23-15-8-5-9-16-23/h5,8-12,15-17,20,22H,4,6-7,13-14,18-19H2,1-3H3,(H,28,33)/t20-/m0/s1. The zero-order valence-electron chi connectivity index (χ0n) is 21.1. The lowest BCUT2D eigenvalue weighted by Crippen LogP contribution is -2.53. The van der Waals surface area contributed by atoms with Crippen molar-refractivity contribution >= 4 is 27.7 Å². The predicted octanol–water partition coefficient (Wildman–Crippen LogP) is 3.30. The van der Waals surface area contributed by atoms with E-state index in [4.69, 9.17) is 0 Å². The van der Waals surface area contributed by atoms with E-state index < -0.39 is 34.5 Å². The van der Waals surface area contributed by atoms with Gasteiger partial charge in [0.1, 0.15) is 18.4 Å². The van der Waals surface area contributed by atoms with E-state index in [1.807, 2.05) is 0 Å². The van der Waals surface area contributed by atoms with Gasteiger partial charge in [-0.3, -0.25) is 9.59 Å². The molecule has 3 rings (SSSR count). The van der Waals surface area contributed by atoms with E-state index in [1.165, 1.54) is 25.1 Å². The molecule has 1 aliphatic carbocycles. The molecule has 0 spiro atoms. The fraction of sp³-hybridized carbons (Fsp3) is 0.462. The average Bonchev–Trinajstić information content (AvgIpc) is 2.87. The molecule has 0 heterocycles. The number of anilines is 1. The summed E-state index contributed by atoms with van der Waals surface area (Å²) in [7, 11) is -1.26. The van der Waals surface area contributed by atoms with Crippen molar-refractivity contribution < 1.29 is 22.4 Å². The van der Waals surface area contributed by atoms with Crippen molar-refractivity contribution in [3.8, 4) is 0 Å². The van der Waals surface area contributed by atoms with Crippen LogP contribution < -0.4 is 9.62 Å². The molecule has 1 aliphatic rings. The number of hydrogen-bond donors (Lipinski definition) is 1. The second-order valence-electron chi connectivity index (χ2n) is 9.26. The van der Waals surface area contributed by atoms with Gasteiger partial charge >= 0.3 is 10.2 Å². The van der Waals surface area contributed by atoms with Gasteiger partial charge in [-0.2, -0.15) is 12.7 Å². The number of carbonyl (C=O) groups is 2. The molecular weight excluding hydrogens is 483 g/mol. The van der Waals surface area contributed by atoms with Crippen LogP contribution in [0, 0.1) is 5.82 Å². The summed E-state index contributed by atoms with van der Waals surface area (Å²) in [5, 5.41) is 3.02. The van der Waals surface area contributed by atoms with Crippen molar-refractivity contribution in [2.24, 2.45) is 0 Å². The molecule has 1 N–H and O–H groups in total. The van der Waals surface area contributed by atoms with Crippen LogP contribution in [0.15, 0.2) is 54.6 Å². The van der Waals surface area contributed by atoms with Gasteiger partial charge in [0.2, 0.25) is 11.8 Å². The highest BCUT2D eigenvalue weighted by molar-refractivity contribution is 7.90. The monoisotopic (exact) mass is 518 g/mol. The van der Waals surface area contributed by atoms with Gasteiger partial charge < -0.3 is 10.2 Å². The van der Waals surface area contributed by atoms with E-state index in [1.54, 1.807) is 55.5 Å². The normalized spacial score (nSPS) is 15.4. The number of rotatable bonds is 10. The van der Waals surface area contributed by atoms with Gasteiger partial charge in [-0.15, -0.1) is 0 Å². The van der Waals surface area contributed by atoms with Crippen molar-refractivity contribution in [3.05, 3.63) is 66.0 Å². The Morgan fingerprint density at radius 3 is 2.22 bits per heavy atom. The number of nitrogens with one attached hydrogen (secondary N) is 1. The average molecular weight is 519 g/mol. The maximum absolute atomic E-state index is 14.5. The highest BCUT2D eigenvalue weighted by Gasteiger charge is 2.33. The second-order valence-corrected chi connectivity index (χ2v) is 11.3. The van der Waals surface area contributed by atoms with Gasteiger partial charge in [0, 0.05) is 32.2 Å². The summed E-state index contributed by atoms with van der Waals surface area (Å²) in [5.41, 5.74) is 0.551. The first-order valence-electron chi connectivity index (χ1n) is 12.2. The Kier molecular flexibility index (Phi) is 9.44. The maximum atomic E-state index is 14.5. The van der Waals surface area contributed by atoms with Crippen molar-refractivity contribution in [3.63, 3.8) is 0 Å². The van der Waals surface area contributed by atoms with Gasteiger partial charge in [-0.25, -0.2) is 8.70 Å². The Bertz CT molecular complexity index is 1140. The highest BCUT2D eigenvalue weighted by Crippen LogP contribution is 2.22. The van der Waals surface area contributed by atoms with Crippen LogP contribution in [0.5, 0.6) is 0 Å². The van der Waals surface area contributed by atoms with E-state index in [2.05, 4.69) is 5.32 Å². The van der Waals surface area contributed by atoms with E-state index in [9.17, 15) is 22.4 Å². The zero-order valence-corrected chi connectivity index (χ0v) is 21.9. The Hall–Kier alpha value is -2.98. The van der Waals surface area contributed by atoms with Crippen LogP contribution in [0.25, 0.3) is 0 Å². The van der Waals surface area contributed by atoms with Crippen LogP contribution in [0.3, 0.4) is 0 Å². The summed E-state index contributed by atoms with van der Waals surface area (Å²) in [4.78, 5) is 28.1. The number of para-hydroxylation sites is 1. The summed E-state index contributed by atoms with van der Waals surface area (Å²) in [6.45, 7) is 0.875. The fourth-order valence-corrected chi connectivity index (χ4v) is 5.33. The van der Waals surface area contributed by atoms with E-state index in [-0.39, 0.29) is 24.1 Å². The minimum Gasteiger partial charge on any atom is -0.352 e. The molecule has 0 aromatic heterocycles. The molecule has 36 heavy (non-hydrogen) atoms. The molecule has 1 fully saturated rings. The van der Waals surface area contributed by atoms with Gasteiger partial charge in [0.05, 0.1) is 5.69 Å². The third kappa shape index (κ3) is 6.82. The fourth-order valence-electron chi connectivity index (χ4n) is 4.27. The number of benzene rings is 2. The van der Waals surface area contributed by atoms with E-state index in [0.29, 0.717) is 5.69 Å². The summed E-state index contributed by atoms with van der Waals surface area (Å²) in [6.07, 6.45) is 4.96. The quantitative estimate of drug-likeness (QED) is 0.523. The number of hydrogen-bond acceptors (Lipinski definition) is 4. The first kappa shape index (κ1) is 27.6. The van der Waals surface area contributed by atoms with Gasteiger partial charge in [-0.1, -0.05) is 55.7 Å². The first-order chi connectivity index (χ1) is 17.1. The molecule has 10 heteroatoms. The minimum absolute atomic E-state index is 0.0362. The number of amides is 2. The Morgan fingerprint density at radius 1 is 1.00 bits per heavy atom. The lowest BCUT2D eigenvalue weighted by Gasteiger charge is -2.34. The molecule has 2 amide bonds. The molecule has 8 nitrogen and oxygen atoms in total.